The van der Waals surface area contributed by atoms with Crippen molar-refractivity contribution in [2.24, 2.45) is 0 Å². The number of anilines is 2. The zero-order valence-electron chi connectivity index (χ0n) is 21.8. The van der Waals surface area contributed by atoms with E-state index in [2.05, 4.69) is 5.32 Å². The number of sulfonamides is 1. The molecule has 4 aromatic rings. The normalized spacial score (nSPS) is 11.1. The molecule has 212 valence electrons. The van der Waals surface area contributed by atoms with E-state index in [-0.39, 0.29) is 36.5 Å². The number of para-hydroxylation sites is 1. The number of rotatable bonds is 10. The van der Waals surface area contributed by atoms with Crippen LogP contribution in [0.1, 0.15) is 28.4 Å². The SMILES string of the molecule is CCOC(=O)Cc1ccc(N(Cc2ccc(Cl)cc2)S(=O)(=O)c2cc(C(=O)Nc3ccccc3F)ccc2F)cc1. The number of carbonyl (C=O) groups excluding carboxylic acids is 2. The maximum atomic E-state index is 15.1. The first kappa shape index (κ1) is 29.7. The number of nitrogens with zero attached hydrogens (tertiary/aromatic N) is 1. The third kappa shape index (κ3) is 7.27. The van der Waals surface area contributed by atoms with E-state index in [0.717, 1.165) is 28.6 Å². The standard InChI is InChI=1S/C30H25ClF2N2O5S/c1-2-40-29(36)17-20-9-14-24(15-10-20)35(19-21-7-12-23(31)13-8-21)41(38,39)28-18-22(11-16-26(28)33)30(37)34-27-6-4-3-5-25(27)32/h3-16,18H,2,17,19H2,1H3,(H,34,37). The Hall–Kier alpha value is -4.28. The molecule has 0 unspecified atom stereocenters. The topological polar surface area (TPSA) is 92.8 Å². The van der Waals surface area contributed by atoms with Crippen LogP contribution in [0.2, 0.25) is 5.02 Å². The fourth-order valence-electron chi connectivity index (χ4n) is 3.95. The van der Waals surface area contributed by atoms with Crippen LogP contribution in [0, 0.1) is 11.6 Å². The zero-order chi connectivity index (χ0) is 29.6. The summed E-state index contributed by atoms with van der Waals surface area (Å²) in [5, 5.41) is 2.82. The van der Waals surface area contributed by atoms with Gasteiger partial charge in [-0.15, -0.1) is 0 Å². The number of hydrogen-bond donors (Lipinski definition) is 1. The van der Waals surface area contributed by atoms with Crippen LogP contribution in [-0.4, -0.2) is 26.9 Å². The van der Waals surface area contributed by atoms with Gasteiger partial charge in [-0.25, -0.2) is 17.2 Å². The Kier molecular flexibility index (Phi) is 9.36. The summed E-state index contributed by atoms with van der Waals surface area (Å²) in [5.74, 6) is -3.01. The number of ether oxygens (including phenoxy) is 1. The summed E-state index contributed by atoms with van der Waals surface area (Å²) in [5.41, 5.74) is 1.03. The molecule has 0 aliphatic carbocycles. The van der Waals surface area contributed by atoms with E-state index in [1.54, 1.807) is 43.3 Å². The Bertz CT molecular complexity index is 1660. The van der Waals surface area contributed by atoms with Crippen molar-refractivity contribution < 1.29 is 31.5 Å². The van der Waals surface area contributed by atoms with E-state index in [1.165, 1.54) is 30.3 Å². The van der Waals surface area contributed by atoms with Crippen LogP contribution in [0.15, 0.2) is 95.9 Å². The molecule has 0 atom stereocenters. The number of benzene rings is 4. The Labute approximate surface area is 241 Å². The van der Waals surface area contributed by atoms with Crippen LogP contribution in [0.5, 0.6) is 0 Å². The number of amides is 1. The van der Waals surface area contributed by atoms with Gasteiger partial charge in [0, 0.05) is 10.6 Å². The van der Waals surface area contributed by atoms with E-state index in [9.17, 15) is 22.4 Å². The molecule has 11 heteroatoms. The summed E-state index contributed by atoms with van der Waals surface area (Å²) in [6.45, 7) is 1.73. The van der Waals surface area contributed by atoms with Gasteiger partial charge in [-0.3, -0.25) is 13.9 Å². The van der Waals surface area contributed by atoms with Crippen molar-refractivity contribution in [3.05, 3.63) is 124 Å². The minimum atomic E-state index is -4.60. The molecule has 41 heavy (non-hydrogen) atoms. The quantitative estimate of drug-likeness (QED) is 0.214. The molecule has 0 radical (unpaired) electrons. The van der Waals surface area contributed by atoms with E-state index in [4.69, 9.17) is 16.3 Å². The third-order valence-corrected chi connectivity index (χ3v) is 8.04. The lowest BCUT2D eigenvalue weighted by Crippen LogP contribution is -2.31. The first-order valence-corrected chi connectivity index (χ1v) is 14.3. The van der Waals surface area contributed by atoms with E-state index >= 15 is 4.39 Å². The molecule has 0 aliphatic heterocycles. The fourth-order valence-corrected chi connectivity index (χ4v) is 5.62. The van der Waals surface area contributed by atoms with Gasteiger partial charge in [0.2, 0.25) is 0 Å². The van der Waals surface area contributed by atoms with Crippen LogP contribution in [-0.2, 0) is 32.5 Å². The largest absolute Gasteiger partial charge is 0.466 e. The molecule has 0 bridgehead atoms. The molecule has 4 rings (SSSR count). The van der Waals surface area contributed by atoms with Gasteiger partial charge in [0.15, 0.2) is 0 Å². The molecule has 0 saturated carbocycles. The number of carbonyl (C=O) groups is 2. The second kappa shape index (κ2) is 12.9. The average Bonchev–Trinajstić information content (AvgIpc) is 2.94. The number of nitrogens with one attached hydrogen (secondary N) is 1. The summed E-state index contributed by atoms with van der Waals surface area (Å²) >= 11 is 5.99. The molecule has 0 fully saturated rings. The van der Waals surface area contributed by atoms with Crippen molar-refractivity contribution in [1.29, 1.82) is 0 Å². The summed E-state index contributed by atoms with van der Waals surface area (Å²) in [6.07, 6.45) is -0.00809. The summed E-state index contributed by atoms with van der Waals surface area (Å²) in [6, 6.07) is 20.9. The Morgan fingerprint density at radius 2 is 1.54 bits per heavy atom. The number of hydrogen-bond acceptors (Lipinski definition) is 5. The van der Waals surface area contributed by atoms with Gasteiger partial charge < -0.3 is 10.1 Å². The lowest BCUT2D eigenvalue weighted by atomic mass is 10.1. The maximum Gasteiger partial charge on any atom is 0.310 e. The van der Waals surface area contributed by atoms with Gasteiger partial charge in [0.1, 0.15) is 16.5 Å². The van der Waals surface area contributed by atoms with Crippen molar-refractivity contribution >= 4 is 44.9 Å². The van der Waals surface area contributed by atoms with E-state index in [0.29, 0.717) is 16.1 Å². The first-order valence-electron chi connectivity index (χ1n) is 12.5. The molecule has 1 N–H and O–H groups in total. The number of halogens is 3. The maximum absolute atomic E-state index is 15.1. The second-order valence-corrected chi connectivity index (χ2v) is 11.1. The van der Waals surface area contributed by atoms with Gasteiger partial charge in [-0.05, 0) is 72.6 Å². The van der Waals surface area contributed by atoms with Gasteiger partial charge in [-0.1, -0.05) is 48.0 Å². The van der Waals surface area contributed by atoms with E-state index < -0.39 is 38.4 Å². The average molecular weight is 599 g/mol. The minimum Gasteiger partial charge on any atom is -0.466 e. The molecule has 0 aromatic heterocycles. The van der Waals surface area contributed by atoms with Gasteiger partial charge in [0.05, 0.1) is 30.9 Å². The van der Waals surface area contributed by atoms with Crippen molar-refractivity contribution in [2.75, 3.05) is 16.2 Å². The lowest BCUT2D eigenvalue weighted by molar-refractivity contribution is -0.142. The third-order valence-electron chi connectivity index (χ3n) is 6.00. The predicted molar refractivity (Wildman–Crippen MR) is 152 cm³/mol. The molecular formula is C30H25ClF2N2O5S. The van der Waals surface area contributed by atoms with Crippen molar-refractivity contribution in [1.82, 2.24) is 0 Å². The molecule has 1 amide bonds. The van der Waals surface area contributed by atoms with E-state index in [1.807, 2.05) is 0 Å². The Morgan fingerprint density at radius 1 is 0.878 bits per heavy atom. The lowest BCUT2D eigenvalue weighted by Gasteiger charge is -2.25. The molecule has 4 aromatic carbocycles. The molecule has 7 nitrogen and oxygen atoms in total. The van der Waals surface area contributed by atoms with Crippen LogP contribution < -0.4 is 9.62 Å². The van der Waals surface area contributed by atoms with Crippen LogP contribution in [0.4, 0.5) is 20.2 Å². The van der Waals surface area contributed by atoms with Gasteiger partial charge in [0.25, 0.3) is 15.9 Å². The molecular weight excluding hydrogens is 574 g/mol. The highest BCUT2D eigenvalue weighted by Crippen LogP contribution is 2.29. The minimum absolute atomic E-state index is 0.00809. The number of esters is 1. The molecule has 0 saturated heterocycles. The fraction of sp³-hybridized carbons (Fsp3) is 0.133. The predicted octanol–water partition coefficient (Wildman–Crippen LogP) is 6.37. The van der Waals surface area contributed by atoms with Crippen LogP contribution >= 0.6 is 11.6 Å². The molecule has 0 spiro atoms. The summed E-state index contributed by atoms with van der Waals surface area (Å²) in [7, 11) is -4.60. The summed E-state index contributed by atoms with van der Waals surface area (Å²) < 4.78 is 63.0. The van der Waals surface area contributed by atoms with Crippen molar-refractivity contribution in [3.63, 3.8) is 0 Å². The van der Waals surface area contributed by atoms with Gasteiger partial charge in [-0.2, -0.15) is 0 Å². The molecule has 0 aliphatic rings. The highest BCUT2D eigenvalue weighted by atomic mass is 35.5. The van der Waals surface area contributed by atoms with Crippen molar-refractivity contribution in [3.8, 4) is 0 Å². The zero-order valence-corrected chi connectivity index (χ0v) is 23.4. The summed E-state index contributed by atoms with van der Waals surface area (Å²) in [4.78, 5) is 24.0. The van der Waals surface area contributed by atoms with Gasteiger partial charge >= 0.3 is 5.97 Å². The first-order chi connectivity index (χ1) is 19.6. The highest BCUT2D eigenvalue weighted by Gasteiger charge is 2.29. The Balaban J connectivity index is 1.71. The van der Waals surface area contributed by atoms with Crippen LogP contribution in [0.25, 0.3) is 0 Å². The van der Waals surface area contributed by atoms with Crippen molar-refractivity contribution in [2.45, 2.75) is 24.8 Å². The monoisotopic (exact) mass is 598 g/mol. The Morgan fingerprint density at radius 3 is 2.20 bits per heavy atom. The van der Waals surface area contributed by atoms with Crippen LogP contribution in [0.3, 0.4) is 0 Å². The second-order valence-electron chi connectivity index (χ2n) is 8.87. The highest BCUT2D eigenvalue weighted by molar-refractivity contribution is 7.92. The molecule has 0 heterocycles. The smallest absolute Gasteiger partial charge is 0.310 e.